The maximum Gasteiger partial charge on any atom is 0.437 e. The summed E-state index contributed by atoms with van der Waals surface area (Å²) in [5.41, 5.74) is 0.390. The Balaban J connectivity index is 1.97. The molecule has 0 unspecified atom stereocenters. The second-order valence-corrected chi connectivity index (χ2v) is 4.60. The van der Waals surface area contributed by atoms with Crippen LogP contribution in [0.3, 0.4) is 0 Å². The normalized spacial score (nSPS) is 10.7. The molecule has 0 atom stereocenters. The zero-order chi connectivity index (χ0) is 16.4. The minimum atomic E-state index is -0.725. The van der Waals surface area contributed by atoms with Crippen molar-refractivity contribution in [1.82, 2.24) is 9.78 Å². The Morgan fingerprint density at radius 3 is 2.91 bits per heavy atom. The second-order valence-electron chi connectivity index (χ2n) is 4.60. The lowest BCUT2D eigenvalue weighted by atomic mass is 10.1. The number of benzene rings is 1. The minimum Gasteiger partial charge on any atom is -0.465 e. The van der Waals surface area contributed by atoms with Gasteiger partial charge in [-0.1, -0.05) is 6.07 Å². The number of hydrogen-bond acceptors (Lipinski definition) is 6. The van der Waals surface area contributed by atoms with Crippen LogP contribution in [0.2, 0.25) is 0 Å². The van der Waals surface area contributed by atoms with Gasteiger partial charge in [0.25, 0.3) is 5.89 Å². The van der Waals surface area contributed by atoms with Crippen molar-refractivity contribution in [3.8, 4) is 11.7 Å². The molecule has 0 aliphatic rings. The van der Waals surface area contributed by atoms with E-state index in [0.29, 0.717) is 11.3 Å². The molecule has 0 spiro atoms. The van der Waals surface area contributed by atoms with E-state index in [1.165, 1.54) is 25.5 Å². The summed E-state index contributed by atoms with van der Waals surface area (Å²) in [4.78, 5) is 23.6. The predicted molar refractivity (Wildman–Crippen MR) is 75.3 cm³/mol. The third-order valence-corrected chi connectivity index (χ3v) is 3.14. The molecule has 0 N–H and O–H groups in total. The zero-order valence-electron chi connectivity index (χ0n) is 12.0. The molecule has 23 heavy (non-hydrogen) atoms. The van der Waals surface area contributed by atoms with Crippen molar-refractivity contribution in [2.45, 2.75) is 6.54 Å². The van der Waals surface area contributed by atoms with E-state index in [1.807, 2.05) is 0 Å². The smallest absolute Gasteiger partial charge is 0.437 e. The molecule has 0 aliphatic heterocycles. The molecular formula is C15H11FN2O5. The molecule has 3 aromatic rings. The predicted octanol–water partition coefficient (Wildman–Crippen LogP) is 2.07. The SMILES string of the molecule is COC(=O)c1cc(F)ccc1Cn1nc(-c2ccco2)oc1=O. The lowest BCUT2D eigenvalue weighted by molar-refractivity contribution is 0.0598. The van der Waals surface area contributed by atoms with Crippen molar-refractivity contribution in [2.24, 2.45) is 0 Å². The van der Waals surface area contributed by atoms with Gasteiger partial charge in [-0.3, -0.25) is 0 Å². The molecule has 0 aliphatic carbocycles. The molecule has 0 saturated carbocycles. The number of ether oxygens (including phenoxy) is 1. The summed E-state index contributed by atoms with van der Waals surface area (Å²) in [6.45, 7) is -0.0756. The molecule has 0 saturated heterocycles. The number of hydrogen-bond donors (Lipinski definition) is 0. The van der Waals surface area contributed by atoms with Gasteiger partial charge in [-0.15, -0.1) is 5.10 Å². The van der Waals surface area contributed by atoms with E-state index in [4.69, 9.17) is 8.83 Å². The Morgan fingerprint density at radius 2 is 2.22 bits per heavy atom. The first-order chi connectivity index (χ1) is 11.1. The highest BCUT2D eigenvalue weighted by atomic mass is 19.1. The lowest BCUT2D eigenvalue weighted by Crippen LogP contribution is -2.18. The number of furan rings is 1. The summed E-state index contributed by atoms with van der Waals surface area (Å²) in [5, 5.41) is 3.99. The van der Waals surface area contributed by atoms with Gasteiger partial charge in [0.2, 0.25) is 0 Å². The number of esters is 1. The molecule has 2 aromatic heterocycles. The van der Waals surface area contributed by atoms with E-state index in [-0.39, 0.29) is 18.0 Å². The third-order valence-electron chi connectivity index (χ3n) is 3.14. The van der Waals surface area contributed by atoms with Crippen molar-refractivity contribution in [3.63, 3.8) is 0 Å². The Hall–Kier alpha value is -3.16. The zero-order valence-corrected chi connectivity index (χ0v) is 12.0. The van der Waals surface area contributed by atoms with Crippen LogP contribution in [-0.4, -0.2) is 22.9 Å². The third kappa shape index (κ3) is 2.91. The number of halogens is 1. The molecule has 118 valence electrons. The number of rotatable bonds is 4. The molecule has 0 amide bonds. The first-order valence-corrected chi connectivity index (χ1v) is 6.57. The van der Waals surface area contributed by atoms with Crippen molar-refractivity contribution in [1.29, 1.82) is 0 Å². The van der Waals surface area contributed by atoms with E-state index >= 15 is 0 Å². The first kappa shape index (κ1) is 14.8. The van der Waals surface area contributed by atoms with Gasteiger partial charge in [0.15, 0.2) is 5.76 Å². The molecule has 0 radical (unpaired) electrons. The summed E-state index contributed by atoms with van der Waals surface area (Å²) in [7, 11) is 1.19. The van der Waals surface area contributed by atoms with Gasteiger partial charge < -0.3 is 13.6 Å². The van der Waals surface area contributed by atoms with Gasteiger partial charge in [-0.25, -0.2) is 14.0 Å². The number of carbonyl (C=O) groups is 1. The number of nitrogens with zero attached hydrogens (tertiary/aromatic N) is 2. The second kappa shape index (κ2) is 5.91. The quantitative estimate of drug-likeness (QED) is 0.684. The van der Waals surface area contributed by atoms with Crippen LogP contribution in [0.4, 0.5) is 4.39 Å². The maximum atomic E-state index is 13.3. The van der Waals surface area contributed by atoms with Crippen molar-refractivity contribution in [2.75, 3.05) is 7.11 Å². The van der Waals surface area contributed by atoms with Crippen LogP contribution < -0.4 is 5.76 Å². The van der Waals surface area contributed by atoms with Crippen LogP contribution in [0.25, 0.3) is 11.7 Å². The average molecular weight is 318 g/mol. The standard InChI is InChI=1S/C15H11FN2O5/c1-21-14(19)11-7-10(16)5-4-9(11)8-18-15(20)23-13(17-18)12-3-2-6-22-12/h2-7H,8H2,1H3. The van der Waals surface area contributed by atoms with Gasteiger partial charge in [0, 0.05) is 0 Å². The number of carbonyl (C=O) groups excluding carboxylic acids is 1. The molecular weight excluding hydrogens is 307 g/mol. The highest BCUT2D eigenvalue weighted by Crippen LogP contribution is 2.17. The highest BCUT2D eigenvalue weighted by Gasteiger charge is 2.17. The van der Waals surface area contributed by atoms with Crippen molar-refractivity contribution < 1.29 is 22.8 Å². The van der Waals surface area contributed by atoms with Gasteiger partial charge in [0.1, 0.15) is 5.82 Å². The summed E-state index contributed by atoms with van der Waals surface area (Å²) in [5.74, 6) is -1.70. The van der Waals surface area contributed by atoms with Gasteiger partial charge in [0.05, 0.1) is 25.5 Å². The first-order valence-electron chi connectivity index (χ1n) is 6.57. The molecule has 2 heterocycles. The highest BCUT2D eigenvalue weighted by molar-refractivity contribution is 5.91. The maximum absolute atomic E-state index is 13.3. The van der Waals surface area contributed by atoms with E-state index < -0.39 is 17.5 Å². The van der Waals surface area contributed by atoms with Crippen LogP contribution in [0.5, 0.6) is 0 Å². The van der Waals surface area contributed by atoms with Gasteiger partial charge >= 0.3 is 11.7 Å². The van der Waals surface area contributed by atoms with Crippen molar-refractivity contribution in [3.05, 3.63) is 64.1 Å². The monoisotopic (exact) mass is 318 g/mol. The fourth-order valence-electron chi connectivity index (χ4n) is 2.05. The summed E-state index contributed by atoms with van der Waals surface area (Å²) in [6.07, 6.45) is 1.42. The van der Waals surface area contributed by atoms with Crippen molar-refractivity contribution >= 4 is 5.97 Å². The van der Waals surface area contributed by atoms with Crippen LogP contribution in [0.1, 0.15) is 15.9 Å². The topological polar surface area (TPSA) is 87.5 Å². The summed E-state index contributed by atoms with van der Waals surface area (Å²) < 4.78 is 29.0. The minimum absolute atomic E-state index is 0.0155. The van der Waals surface area contributed by atoms with Gasteiger partial charge in [-0.05, 0) is 29.8 Å². The molecule has 0 fully saturated rings. The largest absolute Gasteiger partial charge is 0.465 e. The molecule has 7 nitrogen and oxygen atoms in total. The molecule has 8 heteroatoms. The Morgan fingerprint density at radius 1 is 1.39 bits per heavy atom. The van der Waals surface area contributed by atoms with Crippen LogP contribution >= 0.6 is 0 Å². The van der Waals surface area contributed by atoms with E-state index in [0.717, 1.165) is 10.7 Å². The summed E-state index contributed by atoms with van der Waals surface area (Å²) >= 11 is 0. The Bertz CT molecular complexity index is 895. The van der Waals surface area contributed by atoms with E-state index in [9.17, 15) is 14.0 Å². The fourth-order valence-corrected chi connectivity index (χ4v) is 2.05. The fraction of sp³-hybridized carbons (Fsp3) is 0.133. The Kier molecular flexibility index (Phi) is 3.80. The van der Waals surface area contributed by atoms with Gasteiger partial charge in [-0.2, -0.15) is 4.68 Å². The molecule has 0 bridgehead atoms. The summed E-state index contributed by atoms with van der Waals surface area (Å²) in [6, 6.07) is 6.83. The average Bonchev–Trinajstić information content (AvgIpc) is 3.18. The number of aromatic nitrogens is 2. The number of methoxy groups -OCH3 is 1. The molecule has 1 aromatic carbocycles. The van der Waals surface area contributed by atoms with E-state index in [1.54, 1.807) is 12.1 Å². The Labute approximate surface area is 128 Å². The van der Waals surface area contributed by atoms with Crippen LogP contribution in [0.15, 0.2) is 50.2 Å². The van der Waals surface area contributed by atoms with Crippen LogP contribution in [0, 0.1) is 5.82 Å². The van der Waals surface area contributed by atoms with E-state index in [2.05, 4.69) is 9.84 Å². The molecule has 3 rings (SSSR count). The lowest BCUT2D eigenvalue weighted by Gasteiger charge is -2.07. The van der Waals surface area contributed by atoms with Crippen LogP contribution in [-0.2, 0) is 11.3 Å².